The Morgan fingerprint density at radius 1 is 0.850 bits per heavy atom. The molecule has 0 saturated heterocycles. The number of anilines is 1. The van der Waals surface area contributed by atoms with E-state index in [1.165, 1.54) is 29.2 Å². The second kappa shape index (κ2) is 14.1. The fourth-order valence-corrected chi connectivity index (χ4v) is 5.73. The number of benzene rings is 3. The van der Waals surface area contributed by atoms with Crippen molar-refractivity contribution in [2.75, 3.05) is 10.8 Å². The number of rotatable bonds is 13. The number of nitrogens with one attached hydrogen (secondary N) is 1. The van der Waals surface area contributed by atoms with E-state index in [1.807, 2.05) is 32.9 Å². The molecule has 40 heavy (non-hydrogen) atoms. The molecule has 0 radical (unpaired) electrons. The summed E-state index contributed by atoms with van der Waals surface area (Å²) >= 11 is 0. The third-order valence-electron chi connectivity index (χ3n) is 6.90. The van der Waals surface area contributed by atoms with Gasteiger partial charge in [-0.1, -0.05) is 63.2 Å². The zero-order valence-electron chi connectivity index (χ0n) is 23.5. The van der Waals surface area contributed by atoms with Gasteiger partial charge in [-0.05, 0) is 73.7 Å². The Balaban J connectivity index is 2.04. The van der Waals surface area contributed by atoms with Gasteiger partial charge in [0.15, 0.2) is 0 Å². The van der Waals surface area contributed by atoms with Crippen LogP contribution in [0.1, 0.15) is 51.7 Å². The highest BCUT2D eigenvalue weighted by atomic mass is 32.2. The van der Waals surface area contributed by atoms with Crippen LogP contribution in [0.25, 0.3) is 0 Å². The lowest BCUT2D eigenvalue weighted by molar-refractivity contribution is -0.140. The molecule has 0 heterocycles. The fraction of sp³-hybridized carbons (Fsp3) is 0.355. The van der Waals surface area contributed by atoms with Crippen LogP contribution in [0, 0.1) is 5.82 Å². The molecular formula is C31H38FN3O4S. The van der Waals surface area contributed by atoms with Gasteiger partial charge in [0.2, 0.25) is 11.8 Å². The molecule has 0 spiro atoms. The van der Waals surface area contributed by atoms with E-state index in [4.69, 9.17) is 0 Å². The summed E-state index contributed by atoms with van der Waals surface area (Å²) in [5.41, 5.74) is 1.99. The van der Waals surface area contributed by atoms with Crippen molar-refractivity contribution >= 4 is 27.5 Å². The Hall–Kier alpha value is -3.72. The molecule has 3 aromatic rings. The summed E-state index contributed by atoms with van der Waals surface area (Å²) in [4.78, 5) is 28.7. The first-order valence-corrected chi connectivity index (χ1v) is 15.1. The molecule has 0 fully saturated rings. The van der Waals surface area contributed by atoms with Crippen molar-refractivity contribution in [2.24, 2.45) is 0 Å². The van der Waals surface area contributed by atoms with Crippen LogP contribution < -0.4 is 9.62 Å². The van der Waals surface area contributed by atoms with E-state index in [2.05, 4.69) is 5.32 Å². The van der Waals surface area contributed by atoms with Gasteiger partial charge in [0, 0.05) is 12.6 Å². The lowest BCUT2D eigenvalue weighted by atomic mass is 10.1. The molecule has 2 amide bonds. The van der Waals surface area contributed by atoms with Gasteiger partial charge in [-0.2, -0.15) is 0 Å². The number of halogens is 1. The van der Waals surface area contributed by atoms with Crippen molar-refractivity contribution in [3.05, 3.63) is 95.8 Å². The summed E-state index contributed by atoms with van der Waals surface area (Å²) in [7, 11) is -4.12. The molecule has 0 saturated carbocycles. The van der Waals surface area contributed by atoms with Crippen molar-refractivity contribution in [3.63, 3.8) is 0 Å². The third-order valence-corrected chi connectivity index (χ3v) is 8.68. The smallest absolute Gasteiger partial charge is 0.264 e. The number of nitrogens with zero attached hydrogens (tertiary/aromatic N) is 2. The summed E-state index contributed by atoms with van der Waals surface area (Å²) in [5, 5.41) is 2.94. The molecule has 2 atom stereocenters. The van der Waals surface area contributed by atoms with Gasteiger partial charge in [-0.15, -0.1) is 0 Å². The van der Waals surface area contributed by atoms with Gasteiger partial charge < -0.3 is 10.2 Å². The standard InChI is InChI=1S/C31H38FN3O4S/c1-5-23(4)33-31(37)29(7-3)34(21-25-13-17-26(32)18-14-25)30(36)22-35(27-19-15-24(6-2)16-20-27)40(38,39)28-11-9-8-10-12-28/h8-20,23,29H,5-7,21-22H2,1-4H3,(H,33,37)/t23-,29-/m0/s1. The fourth-order valence-electron chi connectivity index (χ4n) is 4.29. The minimum absolute atomic E-state index is 0.0134. The van der Waals surface area contributed by atoms with Crippen LogP contribution in [0.4, 0.5) is 10.1 Å². The molecule has 1 N–H and O–H groups in total. The topological polar surface area (TPSA) is 86.8 Å². The average molecular weight is 568 g/mol. The minimum Gasteiger partial charge on any atom is -0.352 e. The molecule has 0 unspecified atom stereocenters. The Morgan fingerprint density at radius 2 is 1.45 bits per heavy atom. The number of aryl methyl sites for hydroxylation is 1. The molecule has 0 aliphatic rings. The largest absolute Gasteiger partial charge is 0.352 e. The monoisotopic (exact) mass is 567 g/mol. The van der Waals surface area contributed by atoms with Gasteiger partial charge >= 0.3 is 0 Å². The van der Waals surface area contributed by atoms with Crippen LogP contribution >= 0.6 is 0 Å². The predicted octanol–water partition coefficient (Wildman–Crippen LogP) is 5.31. The van der Waals surface area contributed by atoms with Crippen LogP contribution in [0.15, 0.2) is 83.8 Å². The first-order chi connectivity index (χ1) is 19.1. The molecule has 7 nitrogen and oxygen atoms in total. The quantitative estimate of drug-likeness (QED) is 0.304. The van der Waals surface area contributed by atoms with Crippen LogP contribution in [0.2, 0.25) is 0 Å². The van der Waals surface area contributed by atoms with Crippen LogP contribution in [0.3, 0.4) is 0 Å². The van der Waals surface area contributed by atoms with E-state index in [0.717, 1.165) is 16.3 Å². The number of carbonyl (C=O) groups is 2. The lowest BCUT2D eigenvalue weighted by Crippen LogP contribution is -2.53. The number of sulfonamides is 1. The zero-order chi connectivity index (χ0) is 29.3. The molecular weight excluding hydrogens is 529 g/mol. The van der Waals surface area contributed by atoms with Crippen LogP contribution in [-0.4, -0.2) is 43.8 Å². The van der Waals surface area contributed by atoms with E-state index in [9.17, 15) is 22.4 Å². The first-order valence-electron chi connectivity index (χ1n) is 13.6. The van der Waals surface area contributed by atoms with Gasteiger partial charge in [0.25, 0.3) is 10.0 Å². The normalized spacial score (nSPS) is 12.8. The van der Waals surface area contributed by atoms with Crippen molar-refractivity contribution in [1.29, 1.82) is 0 Å². The van der Waals surface area contributed by atoms with Gasteiger partial charge in [-0.3, -0.25) is 13.9 Å². The summed E-state index contributed by atoms with van der Waals surface area (Å²) in [6, 6.07) is 19.7. The van der Waals surface area contributed by atoms with E-state index in [-0.39, 0.29) is 23.4 Å². The maximum Gasteiger partial charge on any atom is 0.264 e. The molecule has 0 bridgehead atoms. The molecule has 214 valence electrons. The third kappa shape index (κ3) is 7.69. The maximum absolute atomic E-state index is 14.0. The van der Waals surface area contributed by atoms with Gasteiger partial charge in [0.05, 0.1) is 10.6 Å². The number of hydrogen-bond acceptors (Lipinski definition) is 4. The molecule has 0 aliphatic carbocycles. The van der Waals surface area contributed by atoms with Crippen LogP contribution in [-0.2, 0) is 32.6 Å². The predicted molar refractivity (Wildman–Crippen MR) is 156 cm³/mol. The number of carbonyl (C=O) groups excluding carboxylic acids is 2. The van der Waals surface area contributed by atoms with Crippen molar-refractivity contribution in [2.45, 2.75) is 70.5 Å². The molecule has 0 aliphatic heterocycles. The second-order valence-corrected chi connectivity index (χ2v) is 11.6. The van der Waals surface area contributed by atoms with Crippen molar-refractivity contribution < 1.29 is 22.4 Å². The Bertz CT molecular complexity index is 1360. The molecule has 3 aromatic carbocycles. The molecule has 0 aromatic heterocycles. The second-order valence-electron chi connectivity index (χ2n) is 9.73. The highest BCUT2D eigenvalue weighted by Crippen LogP contribution is 2.25. The number of hydrogen-bond donors (Lipinski definition) is 1. The molecule has 9 heteroatoms. The van der Waals surface area contributed by atoms with E-state index in [1.54, 1.807) is 49.4 Å². The van der Waals surface area contributed by atoms with E-state index >= 15 is 0 Å². The molecule has 3 rings (SSSR count). The van der Waals surface area contributed by atoms with Crippen molar-refractivity contribution in [1.82, 2.24) is 10.2 Å². The first kappa shape index (κ1) is 30.8. The SMILES string of the molecule is CCc1ccc(N(CC(=O)N(Cc2ccc(F)cc2)[C@@H](CC)C(=O)N[C@@H](C)CC)S(=O)(=O)c2ccccc2)cc1. The van der Waals surface area contributed by atoms with Crippen LogP contribution in [0.5, 0.6) is 0 Å². The summed E-state index contributed by atoms with van der Waals surface area (Å²) in [6.07, 6.45) is 1.80. The Kier molecular flexibility index (Phi) is 10.8. The van der Waals surface area contributed by atoms with E-state index in [0.29, 0.717) is 24.1 Å². The Labute approximate surface area is 237 Å². The zero-order valence-corrected chi connectivity index (χ0v) is 24.3. The summed E-state index contributed by atoms with van der Waals surface area (Å²) < 4.78 is 42.4. The highest BCUT2D eigenvalue weighted by molar-refractivity contribution is 7.92. The lowest BCUT2D eigenvalue weighted by Gasteiger charge is -2.33. The maximum atomic E-state index is 14.0. The average Bonchev–Trinajstić information content (AvgIpc) is 2.97. The summed E-state index contributed by atoms with van der Waals surface area (Å²) in [6.45, 7) is 7.12. The summed E-state index contributed by atoms with van der Waals surface area (Å²) in [5.74, 6) is -1.29. The van der Waals surface area contributed by atoms with Gasteiger partial charge in [-0.25, -0.2) is 12.8 Å². The highest BCUT2D eigenvalue weighted by Gasteiger charge is 2.34. The Morgan fingerprint density at radius 3 is 2.00 bits per heavy atom. The minimum atomic E-state index is -4.12. The van der Waals surface area contributed by atoms with Gasteiger partial charge in [0.1, 0.15) is 18.4 Å². The van der Waals surface area contributed by atoms with Crippen molar-refractivity contribution in [3.8, 4) is 0 Å². The number of amides is 2. The van der Waals surface area contributed by atoms with E-state index < -0.39 is 34.3 Å².